The van der Waals surface area contributed by atoms with Gasteiger partial charge in [-0.15, -0.1) is 12.4 Å². The minimum Gasteiger partial charge on any atom is -0.369 e. The summed E-state index contributed by atoms with van der Waals surface area (Å²) < 4.78 is 0. The molecule has 4 nitrogen and oxygen atoms in total. The Labute approximate surface area is 161 Å². The van der Waals surface area contributed by atoms with E-state index in [4.69, 9.17) is 11.5 Å². The molecule has 0 radical (unpaired) electrons. The number of amides is 2. The molecule has 0 saturated carbocycles. The second-order valence-corrected chi connectivity index (χ2v) is 7.15. The van der Waals surface area contributed by atoms with Crippen molar-refractivity contribution in [3.05, 3.63) is 0 Å². The molecule has 5 heteroatoms. The SMILES string of the molecule is CCCCCCCCCCCCC(C(N)=O)C(CC)(CC)C(N)=O.Cl. The smallest absolute Gasteiger partial charge is 0.224 e. The molecule has 1 atom stereocenters. The lowest BCUT2D eigenvalue weighted by Gasteiger charge is -2.35. The number of halogens is 1. The summed E-state index contributed by atoms with van der Waals surface area (Å²) in [6.45, 7) is 6.08. The molecule has 0 saturated heterocycles. The van der Waals surface area contributed by atoms with Crippen molar-refractivity contribution in [3.8, 4) is 0 Å². The predicted octanol–water partition coefficient (Wildman–Crippen LogP) is 5.11. The Morgan fingerprint density at radius 1 is 0.760 bits per heavy atom. The van der Waals surface area contributed by atoms with E-state index in [-0.39, 0.29) is 24.2 Å². The van der Waals surface area contributed by atoms with Crippen LogP contribution in [0.1, 0.15) is 104 Å². The van der Waals surface area contributed by atoms with Gasteiger partial charge >= 0.3 is 0 Å². The van der Waals surface area contributed by atoms with Crippen molar-refractivity contribution in [2.45, 2.75) is 104 Å². The number of rotatable bonds is 16. The number of carbonyl (C=O) groups is 2. The van der Waals surface area contributed by atoms with Crippen LogP contribution >= 0.6 is 12.4 Å². The van der Waals surface area contributed by atoms with Crippen molar-refractivity contribution in [1.82, 2.24) is 0 Å². The van der Waals surface area contributed by atoms with Gasteiger partial charge < -0.3 is 11.5 Å². The topological polar surface area (TPSA) is 86.2 Å². The van der Waals surface area contributed by atoms with Crippen LogP contribution in [0, 0.1) is 11.3 Å². The standard InChI is InChI=1S/C20H40N2O2.ClH/c1-4-7-8-9-10-11-12-13-14-15-16-17(18(21)23)20(5-2,6-3)19(22)24;/h17H,4-16H2,1-3H3,(H2,21,23)(H2,22,24);1H. The van der Waals surface area contributed by atoms with Crippen LogP contribution in [0.5, 0.6) is 0 Å². The summed E-state index contributed by atoms with van der Waals surface area (Å²) in [5.41, 5.74) is 10.4. The van der Waals surface area contributed by atoms with Crippen molar-refractivity contribution in [3.63, 3.8) is 0 Å². The number of hydrogen-bond acceptors (Lipinski definition) is 2. The molecule has 150 valence electrons. The van der Waals surface area contributed by atoms with Crippen molar-refractivity contribution in [1.29, 1.82) is 0 Å². The molecule has 25 heavy (non-hydrogen) atoms. The second kappa shape index (κ2) is 15.5. The van der Waals surface area contributed by atoms with Gasteiger partial charge in [0.1, 0.15) is 0 Å². The molecule has 1 unspecified atom stereocenters. The summed E-state index contributed by atoms with van der Waals surface area (Å²) >= 11 is 0. The molecule has 0 aliphatic carbocycles. The Morgan fingerprint density at radius 2 is 1.16 bits per heavy atom. The van der Waals surface area contributed by atoms with Crippen LogP contribution in [0.25, 0.3) is 0 Å². The highest BCUT2D eigenvalue weighted by Gasteiger charge is 2.43. The molecule has 2 amide bonds. The third-order valence-electron chi connectivity index (χ3n) is 5.61. The highest BCUT2D eigenvalue weighted by molar-refractivity contribution is 5.89. The van der Waals surface area contributed by atoms with Crippen molar-refractivity contribution >= 4 is 24.2 Å². The lowest BCUT2D eigenvalue weighted by Crippen LogP contribution is -2.47. The van der Waals surface area contributed by atoms with Gasteiger partial charge in [-0.1, -0.05) is 85.0 Å². The van der Waals surface area contributed by atoms with E-state index in [1.807, 2.05) is 13.8 Å². The zero-order chi connectivity index (χ0) is 18.4. The lowest BCUT2D eigenvalue weighted by molar-refractivity contribution is -0.140. The zero-order valence-electron chi connectivity index (χ0n) is 16.6. The average molecular weight is 377 g/mol. The van der Waals surface area contributed by atoms with E-state index in [0.717, 1.165) is 12.8 Å². The maximum absolute atomic E-state index is 11.9. The van der Waals surface area contributed by atoms with E-state index < -0.39 is 11.3 Å². The van der Waals surface area contributed by atoms with Crippen LogP contribution in [0.4, 0.5) is 0 Å². The van der Waals surface area contributed by atoms with Gasteiger partial charge in [0.15, 0.2) is 0 Å². The largest absolute Gasteiger partial charge is 0.369 e. The summed E-state index contributed by atoms with van der Waals surface area (Å²) in [7, 11) is 0. The highest BCUT2D eigenvalue weighted by Crippen LogP contribution is 2.38. The van der Waals surface area contributed by atoms with Crippen LogP contribution in [0.3, 0.4) is 0 Å². The monoisotopic (exact) mass is 376 g/mol. The van der Waals surface area contributed by atoms with E-state index in [1.165, 1.54) is 51.4 Å². The van der Waals surface area contributed by atoms with E-state index in [1.54, 1.807) is 0 Å². The van der Waals surface area contributed by atoms with Crippen molar-refractivity contribution in [2.24, 2.45) is 22.8 Å². The molecule has 0 spiro atoms. The summed E-state index contributed by atoms with van der Waals surface area (Å²) in [5, 5.41) is 0. The molecule has 0 fully saturated rings. The van der Waals surface area contributed by atoms with Crippen LogP contribution in [-0.4, -0.2) is 11.8 Å². The van der Waals surface area contributed by atoms with E-state index in [9.17, 15) is 9.59 Å². The summed E-state index contributed by atoms with van der Waals surface area (Å²) in [4.78, 5) is 23.8. The molecule has 0 aliphatic rings. The first-order valence-electron chi connectivity index (χ1n) is 10.0. The van der Waals surface area contributed by atoms with Gasteiger partial charge in [0.2, 0.25) is 11.8 Å². The molecule has 4 N–H and O–H groups in total. The third-order valence-corrected chi connectivity index (χ3v) is 5.61. The first-order chi connectivity index (χ1) is 11.5. The molecular formula is C20H41ClN2O2. The molecule has 0 heterocycles. The van der Waals surface area contributed by atoms with Gasteiger partial charge in [0, 0.05) is 0 Å². The minimum absolute atomic E-state index is 0. The van der Waals surface area contributed by atoms with Gasteiger partial charge in [0.05, 0.1) is 11.3 Å². The van der Waals surface area contributed by atoms with Gasteiger partial charge in [-0.25, -0.2) is 0 Å². The molecule has 0 rings (SSSR count). The predicted molar refractivity (Wildman–Crippen MR) is 109 cm³/mol. The van der Waals surface area contributed by atoms with Gasteiger partial charge in [-0.2, -0.15) is 0 Å². The van der Waals surface area contributed by atoms with Crippen molar-refractivity contribution < 1.29 is 9.59 Å². The molecule has 0 aliphatic heterocycles. The van der Waals surface area contributed by atoms with Crippen LogP contribution in [0.2, 0.25) is 0 Å². The van der Waals surface area contributed by atoms with E-state index in [0.29, 0.717) is 19.3 Å². The number of unbranched alkanes of at least 4 members (excludes halogenated alkanes) is 9. The second-order valence-electron chi connectivity index (χ2n) is 7.15. The molecule has 0 bridgehead atoms. The average Bonchev–Trinajstić information content (AvgIpc) is 2.55. The molecule has 0 aromatic rings. The Morgan fingerprint density at radius 3 is 1.48 bits per heavy atom. The number of carbonyl (C=O) groups excluding carboxylic acids is 2. The van der Waals surface area contributed by atoms with Crippen molar-refractivity contribution in [2.75, 3.05) is 0 Å². The zero-order valence-corrected chi connectivity index (χ0v) is 17.5. The molecule has 0 aromatic heterocycles. The molecular weight excluding hydrogens is 336 g/mol. The van der Waals surface area contributed by atoms with Crippen LogP contribution < -0.4 is 11.5 Å². The molecule has 0 aromatic carbocycles. The van der Waals surface area contributed by atoms with Gasteiger partial charge in [0.25, 0.3) is 0 Å². The normalized spacial score (nSPS) is 12.4. The fourth-order valence-electron chi connectivity index (χ4n) is 3.79. The van der Waals surface area contributed by atoms with Crippen LogP contribution in [0.15, 0.2) is 0 Å². The summed E-state index contributed by atoms with van der Waals surface area (Å²) in [6.07, 6.45) is 14.3. The Bertz CT molecular complexity index is 358. The Hall–Kier alpha value is -0.770. The first-order valence-corrected chi connectivity index (χ1v) is 10.0. The Balaban J connectivity index is 0. The fraction of sp³-hybridized carbons (Fsp3) is 0.900. The lowest BCUT2D eigenvalue weighted by atomic mass is 9.68. The van der Waals surface area contributed by atoms with Gasteiger partial charge in [-0.05, 0) is 19.3 Å². The number of primary amides is 2. The minimum atomic E-state index is -0.773. The maximum atomic E-state index is 11.9. The van der Waals surface area contributed by atoms with E-state index in [2.05, 4.69) is 6.92 Å². The van der Waals surface area contributed by atoms with Crippen LogP contribution in [-0.2, 0) is 9.59 Å². The Kier molecular flexibility index (Phi) is 16.4. The summed E-state index contributed by atoms with van der Waals surface area (Å²) in [5.74, 6) is -1.20. The summed E-state index contributed by atoms with van der Waals surface area (Å²) in [6, 6.07) is 0. The first kappa shape index (κ1) is 26.5. The van der Waals surface area contributed by atoms with E-state index >= 15 is 0 Å². The highest BCUT2D eigenvalue weighted by atomic mass is 35.5. The maximum Gasteiger partial charge on any atom is 0.224 e. The van der Waals surface area contributed by atoms with Gasteiger partial charge in [-0.3, -0.25) is 9.59 Å². The number of hydrogen-bond donors (Lipinski definition) is 2. The quantitative estimate of drug-likeness (QED) is 0.366. The number of nitrogens with two attached hydrogens (primary N) is 2. The fourth-order valence-corrected chi connectivity index (χ4v) is 3.79. The third kappa shape index (κ3) is 9.48.